The molecule has 0 aliphatic heterocycles. The fraction of sp³-hybridized carbons (Fsp3) is 0.412. The number of nitrogens with zero attached hydrogens (tertiary/aromatic N) is 3. The van der Waals surface area contributed by atoms with Gasteiger partial charge >= 0.3 is 51.4 Å². The maximum atomic E-state index is 12.7. The summed E-state index contributed by atoms with van der Waals surface area (Å²) in [5.74, 6) is 0.654. The van der Waals surface area contributed by atoms with Crippen LogP contribution >= 0.6 is 0 Å². The summed E-state index contributed by atoms with van der Waals surface area (Å²) in [6, 6.07) is 15.7. The van der Waals surface area contributed by atoms with Crippen LogP contribution in [-0.2, 0) is 11.2 Å². The molecule has 2 rings (SSSR count). The van der Waals surface area contributed by atoms with Gasteiger partial charge in [0.25, 0.3) is 0 Å². The number of rotatable bonds is 12. The van der Waals surface area contributed by atoms with Crippen molar-refractivity contribution >= 4 is 23.4 Å². The molecule has 0 atom stereocenters. The van der Waals surface area contributed by atoms with E-state index >= 15 is 0 Å². The number of likely N-dealkylation sites (N-methyl/N-ethyl adjacent to an activating group) is 1. The number of hydrogen-bond acceptors (Lipinski definition) is 4. The summed E-state index contributed by atoms with van der Waals surface area (Å²) in [6.07, 6.45) is 6.23. The fourth-order valence-electron chi connectivity index (χ4n) is 4.24. The zero-order chi connectivity index (χ0) is 29.9. The van der Waals surface area contributed by atoms with E-state index in [0.717, 1.165) is 59.5 Å². The molecule has 0 heterocycles. The Morgan fingerprint density at radius 2 is 1.71 bits per heavy atom. The molecule has 214 valence electrons. The number of unbranched alkanes of at least 4 members (excludes halogenated alkanes) is 1. The van der Waals surface area contributed by atoms with Gasteiger partial charge in [0, 0.05) is 30.1 Å². The number of nitrogens with one attached hydrogen (secondary N) is 1. The quantitative estimate of drug-likeness (QED) is 0.178. The van der Waals surface area contributed by atoms with Gasteiger partial charge in [-0.3, -0.25) is 10.2 Å². The van der Waals surface area contributed by atoms with E-state index in [1.807, 2.05) is 75.2 Å². The van der Waals surface area contributed by atoms with Gasteiger partial charge in [-0.15, -0.1) is 0 Å². The van der Waals surface area contributed by atoms with Gasteiger partial charge in [-0.05, 0) is 54.3 Å². The molecule has 41 heavy (non-hydrogen) atoms. The molecule has 0 amide bonds. The van der Waals surface area contributed by atoms with Crippen molar-refractivity contribution in [3.8, 4) is 11.1 Å². The molecule has 0 spiro atoms. The van der Waals surface area contributed by atoms with E-state index in [9.17, 15) is 9.90 Å². The maximum Gasteiger partial charge on any atom is 1.00 e. The first-order valence-electron chi connectivity index (χ1n) is 14.1. The molecule has 0 aliphatic rings. The Balaban J connectivity index is 0.00000840. The van der Waals surface area contributed by atoms with Crippen LogP contribution in [0.25, 0.3) is 11.1 Å². The van der Waals surface area contributed by atoms with Crippen molar-refractivity contribution in [3.63, 3.8) is 0 Å². The van der Waals surface area contributed by atoms with E-state index in [1.165, 1.54) is 6.92 Å². The third kappa shape index (κ3) is 11.6. The van der Waals surface area contributed by atoms with Gasteiger partial charge in [-0.1, -0.05) is 102 Å². The number of carbonyl (C=O) groups excluding carboxylic acids is 1. The van der Waals surface area contributed by atoms with E-state index < -0.39 is 11.3 Å². The topological polar surface area (TPSA) is 91.9 Å². The number of aliphatic imine (C=N–C) groups is 2. The Hall–Kier alpha value is -2.16. The molecule has 0 radical (unpaired) electrons. The third-order valence-corrected chi connectivity index (χ3v) is 6.73. The predicted octanol–water partition coefficient (Wildman–Crippen LogP) is 3.99. The third-order valence-electron chi connectivity index (χ3n) is 6.73. The Labute approximate surface area is 289 Å². The van der Waals surface area contributed by atoms with Gasteiger partial charge in [-0.25, -0.2) is 9.98 Å². The number of allylic oxidation sites excluding steroid dienone is 3. The molecule has 2 aromatic rings. The van der Waals surface area contributed by atoms with E-state index in [4.69, 9.17) is 10.4 Å². The number of amidine groups is 2. The molecular weight excluding hydrogens is 535 g/mol. The number of benzene rings is 2. The zero-order valence-corrected chi connectivity index (χ0v) is 29.4. The van der Waals surface area contributed by atoms with Crippen LogP contribution in [0.15, 0.2) is 82.4 Å². The number of hydrogen-bond donors (Lipinski definition) is 1. The first-order chi connectivity index (χ1) is 18.9. The second-order valence-electron chi connectivity index (χ2n) is 11.1. The Morgan fingerprint density at radius 1 is 1.07 bits per heavy atom. The minimum absolute atomic E-state index is 0. The van der Waals surface area contributed by atoms with Crippen molar-refractivity contribution in [3.05, 3.63) is 83.6 Å². The van der Waals surface area contributed by atoms with Gasteiger partial charge in [0.1, 0.15) is 5.84 Å². The summed E-state index contributed by atoms with van der Waals surface area (Å²) in [7, 11) is 1.94. The van der Waals surface area contributed by atoms with Crippen molar-refractivity contribution < 1.29 is 61.3 Å². The van der Waals surface area contributed by atoms with Crippen LogP contribution in [0.1, 0.15) is 78.4 Å². The van der Waals surface area contributed by atoms with Crippen LogP contribution < -0.4 is 56.5 Å². The summed E-state index contributed by atoms with van der Waals surface area (Å²) in [5, 5.41) is 19.7. The Bertz CT molecular complexity index is 1280. The average Bonchev–Trinajstić information content (AvgIpc) is 2.91. The van der Waals surface area contributed by atoms with Gasteiger partial charge in [0.2, 0.25) is 0 Å². The van der Waals surface area contributed by atoms with E-state index in [0.29, 0.717) is 18.5 Å². The fourth-order valence-corrected chi connectivity index (χ4v) is 4.24. The van der Waals surface area contributed by atoms with Gasteiger partial charge in [-0.2, -0.15) is 0 Å². The van der Waals surface area contributed by atoms with Gasteiger partial charge in [0.05, 0.1) is 6.54 Å². The molecule has 0 saturated carbocycles. The monoisotopic (exact) mass is 580 g/mol. The van der Waals surface area contributed by atoms with Crippen LogP contribution in [0.5, 0.6) is 0 Å². The average molecular weight is 581 g/mol. The van der Waals surface area contributed by atoms with Crippen molar-refractivity contribution in [2.24, 2.45) is 15.4 Å². The van der Waals surface area contributed by atoms with Crippen LogP contribution in [0, 0.1) is 10.8 Å². The summed E-state index contributed by atoms with van der Waals surface area (Å²) in [6.45, 7) is 15.9. The smallest absolute Gasteiger partial charge is 0.862 e. The van der Waals surface area contributed by atoms with Crippen LogP contribution in [0.2, 0.25) is 0 Å². The van der Waals surface area contributed by atoms with Crippen LogP contribution in [0.4, 0.5) is 0 Å². The summed E-state index contributed by atoms with van der Waals surface area (Å²) < 4.78 is 0. The summed E-state index contributed by atoms with van der Waals surface area (Å²) in [4.78, 5) is 23.5. The molecular formula is C34H45KN4O2. The van der Waals surface area contributed by atoms with Gasteiger partial charge in [0.15, 0.2) is 11.6 Å². The molecule has 0 bridgehead atoms. The molecule has 0 fully saturated rings. The molecule has 2 aromatic carbocycles. The second-order valence-corrected chi connectivity index (χ2v) is 11.1. The molecule has 6 nitrogen and oxygen atoms in total. The molecule has 0 unspecified atom stereocenters. The van der Waals surface area contributed by atoms with Crippen molar-refractivity contribution in [1.82, 2.24) is 4.90 Å². The first-order valence-corrected chi connectivity index (χ1v) is 14.1. The maximum absolute atomic E-state index is 12.7. The molecule has 0 aromatic heterocycles. The SMILES string of the molecule is C=C/C(Cc1ccc(-c2ccccc2C(=N)N=C(C)[O-])cc1)=C(/CCCC)N=C(CC)N(C)CC(=O)C(C)(C)C.[K+]. The Morgan fingerprint density at radius 3 is 2.24 bits per heavy atom. The van der Waals surface area contributed by atoms with E-state index in [-0.39, 0.29) is 63.0 Å². The predicted molar refractivity (Wildman–Crippen MR) is 167 cm³/mol. The van der Waals surface area contributed by atoms with E-state index in [1.54, 1.807) is 0 Å². The molecule has 0 aliphatic carbocycles. The van der Waals surface area contributed by atoms with Gasteiger partial charge < -0.3 is 10.0 Å². The number of Topliss-reactive ketones (excluding diaryl/α,β-unsaturated/α-hetero) is 1. The van der Waals surface area contributed by atoms with Crippen molar-refractivity contribution in [2.75, 3.05) is 13.6 Å². The minimum Gasteiger partial charge on any atom is -0.862 e. The van der Waals surface area contributed by atoms with Crippen molar-refractivity contribution in [1.29, 1.82) is 5.41 Å². The molecule has 1 N–H and O–H groups in total. The zero-order valence-electron chi connectivity index (χ0n) is 26.3. The second kappa shape index (κ2) is 17.7. The largest absolute Gasteiger partial charge is 1.00 e. The standard InChI is InChI=1S/C34H46N4O2.K/c1-9-12-17-30(37-32(11-3)38(8)23-31(40)34(5,6)7)26(10-2)22-25-18-20-27(21-19-25)28-15-13-14-16-29(28)33(35)36-24(4)39;/h10,13-16,18-21H,2,9,11-12,17,22-23H2,1,3-8H3,(H2,35,36,39);/q;+1/p-1/b30-26+,37-32?;. The molecule has 7 heteroatoms. The Kier molecular flexibility index (Phi) is 15.9. The van der Waals surface area contributed by atoms with Crippen LogP contribution in [0.3, 0.4) is 0 Å². The van der Waals surface area contributed by atoms with E-state index in [2.05, 4.69) is 37.6 Å². The molecule has 0 saturated heterocycles. The summed E-state index contributed by atoms with van der Waals surface area (Å²) >= 11 is 0. The minimum atomic E-state index is -0.393. The van der Waals surface area contributed by atoms with Crippen molar-refractivity contribution in [2.45, 2.75) is 73.6 Å². The number of carbonyl (C=O) groups is 1. The van der Waals surface area contributed by atoms with Crippen LogP contribution in [-0.4, -0.2) is 41.8 Å². The number of ketones is 1. The first kappa shape index (κ1) is 36.9. The summed E-state index contributed by atoms with van der Waals surface area (Å²) in [5.41, 5.74) is 5.25. The normalized spacial score (nSPS) is 12.8.